The van der Waals surface area contributed by atoms with Gasteiger partial charge in [-0.1, -0.05) is 23.7 Å². The minimum atomic E-state index is -0.362. The molecule has 1 fully saturated rings. The Hall–Kier alpha value is -3.14. The predicted molar refractivity (Wildman–Crippen MR) is 134 cm³/mol. The van der Waals surface area contributed by atoms with Crippen molar-refractivity contribution >= 4 is 29.1 Å². The zero-order valence-electron chi connectivity index (χ0n) is 19.1. The lowest BCUT2D eigenvalue weighted by molar-refractivity contribution is 0.153. The maximum absolute atomic E-state index is 13.4. The molecule has 1 aliphatic heterocycles. The van der Waals surface area contributed by atoms with Crippen molar-refractivity contribution in [3.8, 4) is 16.9 Å². The van der Waals surface area contributed by atoms with Gasteiger partial charge in [-0.2, -0.15) is 5.10 Å². The van der Waals surface area contributed by atoms with Crippen LogP contribution in [0.2, 0.25) is 5.02 Å². The normalized spacial score (nSPS) is 14.8. The molecule has 4 N–H and O–H groups in total. The molecule has 0 unspecified atom stereocenters. The van der Waals surface area contributed by atoms with Gasteiger partial charge in [-0.3, -0.25) is 0 Å². The number of hydrogen-bond acceptors (Lipinski definition) is 5. The number of halogens is 2. The van der Waals surface area contributed by atoms with E-state index in [4.69, 9.17) is 17.3 Å². The lowest BCUT2D eigenvalue weighted by Crippen LogP contribution is -2.45. The van der Waals surface area contributed by atoms with Crippen molar-refractivity contribution in [3.05, 3.63) is 59.4 Å². The Labute approximate surface area is 203 Å². The number of carbonyl (C=O) groups excluding carboxylic acids is 1. The minimum absolute atomic E-state index is 0.240. The number of nitrogens with two attached hydrogens (primary N) is 1. The van der Waals surface area contributed by atoms with Crippen LogP contribution in [0.15, 0.2) is 48.5 Å². The van der Waals surface area contributed by atoms with Gasteiger partial charge in [0.1, 0.15) is 17.2 Å². The van der Waals surface area contributed by atoms with Crippen LogP contribution in [0.25, 0.3) is 16.9 Å². The first-order valence-corrected chi connectivity index (χ1v) is 11.6. The molecule has 0 spiro atoms. The average Bonchev–Trinajstić information content (AvgIpc) is 3.15. The minimum Gasteiger partial charge on any atom is -0.382 e. The molecular formula is C24H29ClFN7O. The monoisotopic (exact) mass is 485 g/mol. The number of piperazine rings is 1. The van der Waals surface area contributed by atoms with Gasteiger partial charge in [-0.25, -0.2) is 13.9 Å². The summed E-state index contributed by atoms with van der Waals surface area (Å²) in [7, 11) is 2.13. The van der Waals surface area contributed by atoms with Gasteiger partial charge in [0, 0.05) is 43.3 Å². The summed E-state index contributed by atoms with van der Waals surface area (Å²) in [5.74, 6) is -0.120. The lowest BCUT2D eigenvalue weighted by atomic mass is 10.1. The summed E-state index contributed by atoms with van der Waals surface area (Å²) in [4.78, 5) is 17.4. The first-order chi connectivity index (χ1) is 16.4. The van der Waals surface area contributed by atoms with Crippen LogP contribution in [0.5, 0.6) is 0 Å². The maximum Gasteiger partial charge on any atom is 0.319 e. The van der Waals surface area contributed by atoms with Crippen molar-refractivity contribution in [1.82, 2.24) is 24.9 Å². The van der Waals surface area contributed by atoms with E-state index in [0.29, 0.717) is 28.6 Å². The number of anilines is 2. The number of rotatable bonds is 7. The molecule has 3 aromatic rings. The van der Waals surface area contributed by atoms with E-state index < -0.39 is 0 Å². The smallest absolute Gasteiger partial charge is 0.319 e. The summed E-state index contributed by atoms with van der Waals surface area (Å²) >= 11 is 6.03. The molecule has 2 amide bonds. The van der Waals surface area contributed by atoms with Gasteiger partial charge in [0.25, 0.3) is 0 Å². The second-order valence-electron chi connectivity index (χ2n) is 8.38. The molecule has 4 rings (SSSR count). The van der Waals surface area contributed by atoms with Crippen molar-refractivity contribution in [1.29, 1.82) is 0 Å². The van der Waals surface area contributed by atoms with Crippen LogP contribution < -0.4 is 16.4 Å². The topological polar surface area (TPSA) is 91.5 Å². The molecule has 0 aliphatic carbocycles. The Kier molecular flexibility index (Phi) is 7.66. The Bertz CT molecular complexity index is 1110. The molecule has 0 bridgehead atoms. The molecule has 1 aromatic heterocycles. The lowest BCUT2D eigenvalue weighted by Gasteiger charge is -2.32. The number of likely N-dealkylation sites (N-methyl/N-ethyl adjacent to an activating group) is 1. The Morgan fingerprint density at radius 2 is 1.76 bits per heavy atom. The molecule has 2 heterocycles. The quantitative estimate of drug-likeness (QED) is 0.444. The van der Waals surface area contributed by atoms with Crippen LogP contribution in [0, 0.1) is 5.82 Å². The van der Waals surface area contributed by atoms with Crippen molar-refractivity contribution in [2.45, 2.75) is 6.42 Å². The Morgan fingerprint density at radius 1 is 1.09 bits per heavy atom. The number of benzene rings is 2. The van der Waals surface area contributed by atoms with Crippen LogP contribution in [-0.2, 0) is 0 Å². The van der Waals surface area contributed by atoms with Gasteiger partial charge in [-0.05, 0) is 56.4 Å². The zero-order valence-corrected chi connectivity index (χ0v) is 19.9. The number of nitrogen functional groups attached to an aromatic ring is 1. The SMILES string of the molecule is CN1CCN(CCCNC(=O)Nc2c(-c3ccc(Cl)cc3)nn(-c3ccc(F)cc3)c2N)CC1. The third kappa shape index (κ3) is 5.85. The van der Waals surface area contributed by atoms with E-state index in [2.05, 4.69) is 32.6 Å². The van der Waals surface area contributed by atoms with Gasteiger partial charge in [0.15, 0.2) is 5.82 Å². The third-order valence-corrected chi connectivity index (χ3v) is 6.13. The van der Waals surface area contributed by atoms with Gasteiger partial charge in [0.2, 0.25) is 0 Å². The molecule has 10 heteroatoms. The van der Waals surface area contributed by atoms with Crippen LogP contribution in [0.4, 0.5) is 20.7 Å². The standard InChI is InChI=1S/C24H29ClFN7O/c1-31-13-15-32(16-14-31)12-2-11-28-24(34)29-22-21(17-3-5-18(25)6-4-17)30-33(23(22)27)20-9-7-19(26)8-10-20/h3-10H,2,11-16,27H2,1H3,(H2,28,29,34). The van der Waals surface area contributed by atoms with E-state index in [9.17, 15) is 9.18 Å². The number of amides is 2. The van der Waals surface area contributed by atoms with E-state index in [1.807, 2.05) is 0 Å². The number of hydrogen-bond donors (Lipinski definition) is 3. The fraction of sp³-hybridized carbons (Fsp3) is 0.333. The predicted octanol–water partition coefficient (Wildman–Crippen LogP) is 3.67. The fourth-order valence-electron chi connectivity index (χ4n) is 3.88. The Balaban J connectivity index is 1.46. The summed E-state index contributed by atoms with van der Waals surface area (Å²) in [5, 5.41) is 10.9. The second kappa shape index (κ2) is 10.9. The molecule has 0 atom stereocenters. The van der Waals surface area contributed by atoms with Crippen molar-refractivity contribution in [2.75, 3.05) is 57.4 Å². The molecule has 8 nitrogen and oxygen atoms in total. The van der Waals surface area contributed by atoms with Crippen molar-refractivity contribution in [3.63, 3.8) is 0 Å². The number of aromatic nitrogens is 2. The molecule has 0 saturated carbocycles. The highest BCUT2D eigenvalue weighted by molar-refractivity contribution is 6.30. The molecular weight excluding hydrogens is 457 g/mol. The fourth-order valence-corrected chi connectivity index (χ4v) is 4.00. The number of nitrogens with one attached hydrogen (secondary N) is 2. The van der Waals surface area contributed by atoms with Gasteiger partial charge >= 0.3 is 6.03 Å². The molecule has 180 valence electrons. The van der Waals surface area contributed by atoms with E-state index >= 15 is 0 Å². The maximum atomic E-state index is 13.4. The van der Waals surface area contributed by atoms with Crippen LogP contribution >= 0.6 is 11.6 Å². The van der Waals surface area contributed by atoms with Gasteiger partial charge in [0.05, 0.1) is 5.69 Å². The molecule has 34 heavy (non-hydrogen) atoms. The number of nitrogens with zero attached hydrogens (tertiary/aromatic N) is 4. The second-order valence-corrected chi connectivity index (χ2v) is 8.82. The summed E-state index contributed by atoms with van der Waals surface area (Å²) in [5.41, 5.74) is 8.57. The summed E-state index contributed by atoms with van der Waals surface area (Å²) in [6, 6.07) is 12.5. The number of carbonyl (C=O) groups is 1. The van der Waals surface area contributed by atoms with Crippen LogP contribution in [0.1, 0.15) is 6.42 Å². The van der Waals surface area contributed by atoms with Crippen molar-refractivity contribution in [2.24, 2.45) is 0 Å². The molecule has 2 aromatic carbocycles. The summed E-state index contributed by atoms with van der Waals surface area (Å²) < 4.78 is 14.9. The Morgan fingerprint density at radius 3 is 2.44 bits per heavy atom. The van der Waals surface area contributed by atoms with Crippen LogP contribution in [-0.4, -0.2) is 71.9 Å². The third-order valence-electron chi connectivity index (χ3n) is 5.88. The number of urea groups is 1. The van der Waals surface area contributed by atoms with E-state index in [-0.39, 0.29) is 17.7 Å². The first kappa shape index (κ1) is 24.0. The van der Waals surface area contributed by atoms with Gasteiger partial charge < -0.3 is 26.2 Å². The zero-order chi connectivity index (χ0) is 24.1. The first-order valence-electron chi connectivity index (χ1n) is 11.3. The highest BCUT2D eigenvalue weighted by atomic mass is 35.5. The molecule has 1 aliphatic rings. The highest BCUT2D eigenvalue weighted by Gasteiger charge is 2.20. The van der Waals surface area contributed by atoms with E-state index in [0.717, 1.165) is 44.7 Å². The summed E-state index contributed by atoms with van der Waals surface area (Å²) in [6.07, 6.45) is 0.853. The molecule has 1 saturated heterocycles. The van der Waals surface area contributed by atoms with Crippen LogP contribution in [0.3, 0.4) is 0 Å². The average molecular weight is 486 g/mol. The van der Waals surface area contributed by atoms with Gasteiger partial charge in [-0.15, -0.1) is 0 Å². The highest BCUT2D eigenvalue weighted by Crippen LogP contribution is 2.34. The largest absolute Gasteiger partial charge is 0.382 e. The summed E-state index contributed by atoms with van der Waals surface area (Å²) in [6.45, 7) is 5.71. The van der Waals surface area contributed by atoms with Crippen molar-refractivity contribution < 1.29 is 9.18 Å². The van der Waals surface area contributed by atoms with E-state index in [1.54, 1.807) is 36.4 Å². The molecule has 0 radical (unpaired) electrons. The van der Waals surface area contributed by atoms with E-state index in [1.165, 1.54) is 16.8 Å².